The molecule has 1 heterocycles. The van der Waals surface area contributed by atoms with E-state index in [-0.39, 0.29) is 12.0 Å². The molecule has 1 aromatic carbocycles. The molecule has 88 valence electrons. The van der Waals surface area contributed by atoms with Crippen molar-refractivity contribution in [3.05, 3.63) is 45.7 Å². The summed E-state index contributed by atoms with van der Waals surface area (Å²) in [7, 11) is 0. The van der Waals surface area contributed by atoms with Crippen molar-refractivity contribution in [1.29, 1.82) is 0 Å². The quantitative estimate of drug-likeness (QED) is 0.844. The van der Waals surface area contributed by atoms with Crippen molar-refractivity contribution >= 4 is 16.9 Å². The summed E-state index contributed by atoms with van der Waals surface area (Å²) in [6, 6.07) is 7.09. The van der Waals surface area contributed by atoms with Crippen LogP contribution in [0.25, 0.3) is 10.9 Å². The Morgan fingerprint density at radius 2 is 2.12 bits per heavy atom. The highest BCUT2D eigenvalue weighted by atomic mass is 16.4. The highest BCUT2D eigenvalue weighted by Gasteiger charge is 2.04. The van der Waals surface area contributed by atoms with Gasteiger partial charge < -0.3 is 10.1 Å². The Morgan fingerprint density at radius 1 is 1.35 bits per heavy atom. The monoisotopic (exact) mass is 231 g/mol. The number of benzene rings is 1. The Morgan fingerprint density at radius 3 is 2.76 bits per heavy atom. The van der Waals surface area contributed by atoms with Crippen LogP contribution in [0.4, 0.5) is 0 Å². The minimum atomic E-state index is -0.857. The maximum atomic E-state index is 11.6. The molecule has 0 aliphatic heterocycles. The van der Waals surface area contributed by atoms with Crippen molar-refractivity contribution in [1.82, 2.24) is 4.98 Å². The number of carboxylic acids is 1. The first-order chi connectivity index (χ1) is 8.10. The van der Waals surface area contributed by atoms with Gasteiger partial charge in [0, 0.05) is 11.1 Å². The SMILES string of the molecule is CCc1cc2cc(CC(=O)O)ccc2[nH]c1=O. The Hall–Kier alpha value is -2.10. The first-order valence-electron chi connectivity index (χ1n) is 5.47. The number of aromatic nitrogens is 1. The number of aryl methyl sites for hydroxylation is 1. The van der Waals surface area contributed by atoms with Gasteiger partial charge in [-0.2, -0.15) is 0 Å². The van der Waals surface area contributed by atoms with Crippen LogP contribution in [0.1, 0.15) is 18.1 Å². The molecule has 0 bridgehead atoms. The van der Waals surface area contributed by atoms with Gasteiger partial charge in [-0.15, -0.1) is 0 Å². The summed E-state index contributed by atoms with van der Waals surface area (Å²) < 4.78 is 0. The Bertz CT molecular complexity index is 628. The fourth-order valence-corrected chi connectivity index (χ4v) is 1.85. The summed E-state index contributed by atoms with van der Waals surface area (Å²) >= 11 is 0. The number of rotatable bonds is 3. The van der Waals surface area contributed by atoms with Gasteiger partial charge in [-0.3, -0.25) is 9.59 Å². The maximum absolute atomic E-state index is 11.6. The van der Waals surface area contributed by atoms with E-state index in [1.165, 1.54) is 0 Å². The zero-order valence-electron chi connectivity index (χ0n) is 9.49. The molecule has 0 saturated carbocycles. The number of carboxylic acid groups (broad SMARTS) is 1. The molecule has 0 amide bonds. The molecule has 1 aromatic heterocycles. The zero-order chi connectivity index (χ0) is 12.4. The number of hydrogen-bond donors (Lipinski definition) is 2. The molecule has 0 aliphatic rings. The van der Waals surface area contributed by atoms with Crippen LogP contribution in [0.15, 0.2) is 29.1 Å². The van der Waals surface area contributed by atoms with E-state index in [0.29, 0.717) is 12.0 Å². The summed E-state index contributed by atoms with van der Waals surface area (Å²) in [5.74, 6) is -0.857. The fourth-order valence-electron chi connectivity index (χ4n) is 1.85. The molecule has 2 aromatic rings. The minimum absolute atomic E-state index is 0.00345. The van der Waals surface area contributed by atoms with Crippen molar-refractivity contribution < 1.29 is 9.90 Å². The number of fused-ring (bicyclic) bond motifs is 1. The lowest BCUT2D eigenvalue weighted by molar-refractivity contribution is -0.136. The highest BCUT2D eigenvalue weighted by molar-refractivity contribution is 5.81. The Labute approximate surface area is 97.9 Å². The molecular formula is C13H13NO3. The second-order valence-corrected chi connectivity index (χ2v) is 3.97. The van der Waals surface area contributed by atoms with Gasteiger partial charge in [0.05, 0.1) is 6.42 Å². The predicted octanol–water partition coefficient (Wildman–Crippen LogP) is 1.72. The standard InChI is InChI=1S/C13H13NO3/c1-2-9-7-10-5-8(6-12(15)16)3-4-11(10)14-13(9)17/h3-5,7H,2,6H2,1H3,(H,14,17)(H,15,16). The van der Waals surface area contributed by atoms with Crippen LogP contribution in [-0.2, 0) is 17.6 Å². The van der Waals surface area contributed by atoms with E-state index in [4.69, 9.17) is 5.11 Å². The molecule has 17 heavy (non-hydrogen) atoms. The van der Waals surface area contributed by atoms with Crippen LogP contribution in [0.5, 0.6) is 0 Å². The molecule has 0 unspecified atom stereocenters. The second kappa shape index (κ2) is 4.41. The minimum Gasteiger partial charge on any atom is -0.481 e. The van der Waals surface area contributed by atoms with Gasteiger partial charge in [0.2, 0.25) is 0 Å². The summed E-state index contributed by atoms with van der Waals surface area (Å²) in [4.78, 5) is 25.0. The Balaban J connectivity index is 2.56. The average Bonchev–Trinajstić information content (AvgIpc) is 2.28. The van der Waals surface area contributed by atoms with E-state index in [2.05, 4.69) is 4.98 Å². The molecule has 0 aliphatic carbocycles. The van der Waals surface area contributed by atoms with Crippen molar-refractivity contribution in [3.8, 4) is 0 Å². The van der Waals surface area contributed by atoms with E-state index in [0.717, 1.165) is 16.5 Å². The average molecular weight is 231 g/mol. The van der Waals surface area contributed by atoms with Crippen molar-refractivity contribution in [3.63, 3.8) is 0 Å². The van der Waals surface area contributed by atoms with Crippen LogP contribution in [0, 0.1) is 0 Å². The molecule has 0 radical (unpaired) electrons. The van der Waals surface area contributed by atoms with Crippen molar-refractivity contribution in [2.24, 2.45) is 0 Å². The molecule has 0 fully saturated rings. The van der Waals surface area contributed by atoms with E-state index in [1.807, 2.05) is 13.0 Å². The summed E-state index contributed by atoms with van der Waals surface area (Å²) in [5, 5.41) is 9.60. The molecular weight excluding hydrogens is 218 g/mol. The van der Waals surface area contributed by atoms with Gasteiger partial charge in [0.1, 0.15) is 0 Å². The smallest absolute Gasteiger partial charge is 0.307 e. The summed E-state index contributed by atoms with van der Waals surface area (Å²) in [5.41, 5.74) is 2.11. The number of nitrogens with one attached hydrogen (secondary N) is 1. The molecule has 4 heteroatoms. The van der Waals surface area contributed by atoms with E-state index >= 15 is 0 Å². The molecule has 4 nitrogen and oxygen atoms in total. The highest BCUT2D eigenvalue weighted by Crippen LogP contribution is 2.14. The van der Waals surface area contributed by atoms with Gasteiger partial charge >= 0.3 is 5.97 Å². The number of aromatic amines is 1. The lowest BCUT2D eigenvalue weighted by Crippen LogP contribution is -2.11. The summed E-state index contributed by atoms with van der Waals surface area (Å²) in [6.07, 6.45) is 0.658. The number of carbonyl (C=O) groups is 1. The lowest BCUT2D eigenvalue weighted by atomic mass is 10.1. The van der Waals surface area contributed by atoms with E-state index in [1.54, 1.807) is 18.2 Å². The van der Waals surface area contributed by atoms with Gasteiger partial charge in [0.15, 0.2) is 0 Å². The summed E-state index contributed by atoms with van der Waals surface area (Å²) in [6.45, 7) is 1.91. The first kappa shape index (κ1) is 11.4. The van der Waals surface area contributed by atoms with Crippen LogP contribution in [0.3, 0.4) is 0 Å². The third kappa shape index (κ3) is 2.36. The molecule has 0 spiro atoms. The number of pyridine rings is 1. The topological polar surface area (TPSA) is 70.2 Å². The Kier molecular flexibility index (Phi) is 2.95. The van der Waals surface area contributed by atoms with Gasteiger partial charge in [-0.25, -0.2) is 0 Å². The number of aliphatic carboxylic acids is 1. The van der Waals surface area contributed by atoms with Gasteiger partial charge in [0.25, 0.3) is 5.56 Å². The number of hydrogen-bond acceptors (Lipinski definition) is 2. The fraction of sp³-hybridized carbons (Fsp3) is 0.231. The largest absolute Gasteiger partial charge is 0.481 e. The van der Waals surface area contributed by atoms with Crippen molar-refractivity contribution in [2.75, 3.05) is 0 Å². The predicted molar refractivity (Wildman–Crippen MR) is 65.3 cm³/mol. The third-order valence-electron chi connectivity index (χ3n) is 2.72. The van der Waals surface area contributed by atoms with Crippen LogP contribution >= 0.6 is 0 Å². The number of H-pyrrole nitrogens is 1. The normalized spacial score (nSPS) is 10.6. The zero-order valence-corrected chi connectivity index (χ0v) is 9.49. The molecule has 2 rings (SSSR count). The van der Waals surface area contributed by atoms with E-state index < -0.39 is 5.97 Å². The first-order valence-corrected chi connectivity index (χ1v) is 5.47. The third-order valence-corrected chi connectivity index (χ3v) is 2.72. The van der Waals surface area contributed by atoms with Crippen LogP contribution in [0.2, 0.25) is 0 Å². The maximum Gasteiger partial charge on any atom is 0.307 e. The van der Waals surface area contributed by atoms with Crippen molar-refractivity contribution in [2.45, 2.75) is 19.8 Å². The van der Waals surface area contributed by atoms with E-state index in [9.17, 15) is 9.59 Å². The van der Waals surface area contributed by atoms with Gasteiger partial charge in [-0.1, -0.05) is 13.0 Å². The molecule has 0 atom stereocenters. The molecule has 2 N–H and O–H groups in total. The van der Waals surface area contributed by atoms with Crippen LogP contribution < -0.4 is 5.56 Å². The van der Waals surface area contributed by atoms with Crippen LogP contribution in [-0.4, -0.2) is 16.1 Å². The second-order valence-electron chi connectivity index (χ2n) is 3.97. The lowest BCUT2D eigenvalue weighted by Gasteiger charge is -2.03. The molecule has 0 saturated heterocycles. The van der Waals surface area contributed by atoms with Gasteiger partial charge in [-0.05, 0) is 35.6 Å².